The van der Waals surface area contributed by atoms with Crippen LogP contribution in [0, 0.1) is 0 Å². The minimum atomic E-state index is -0.282. The van der Waals surface area contributed by atoms with Crippen molar-refractivity contribution in [2.45, 2.75) is 26.0 Å². The van der Waals surface area contributed by atoms with E-state index >= 15 is 0 Å². The summed E-state index contributed by atoms with van der Waals surface area (Å²) < 4.78 is 16.1. The van der Waals surface area contributed by atoms with Crippen molar-refractivity contribution in [2.24, 2.45) is 4.99 Å². The lowest BCUT2D eigenvalue weighted by molar-refractivity contribution is 0.188. The third-order valence-corrected chi connectivity index (χ3v) is 3.93. The molecule has 0 unspecified atom stereocenters. The van der Waals surface area contributed by atoms with Crippen LogP contribution in [0.25, 0.3) is 0 Å². The van der Waals surface area contributed by atoms with Crippen LogP contribution in [-0.2, 0) is 6.54 Å². The van der Waals surface area contributed by atoms with E-state index in [9.17, 15) is 5.11 Å². The first-order valence-corrected chi connectivity index (χ1v) is 8.13. The third-order valence-electron chi connectivity index (χ3n) is 3.93. The Morgan fingerprint density at radius 2 is 1.88 bits per heavy atom. The Morgan fingerprint density at radius 1 is 1.24 bits per heavy atom. The lowest BCUT2D eigenvalue weighted by Crippen LogP contribution is -2.40. The molecule has 1 fully saturated rings. The number of nitrogens with one attached hydrogen (secondary N) is 1. The molecule has 2 N–H and O–H groups in total. The van der Waals surface area contributed by atoms with Gasteiger partial charge in [-0.25, -0.2) is 4.99 Å². The average Bonchev–Trinajstić information content (AvgIpc) is 3.03. The summed E-state index contributed by atoms with van der Waals surface area (Å²) in [5, 5.41) is 13.0. The zero-order valence-electron chi connectivity index (χ0n) is 15.2. The number of aliphatic hydroxyl groups is 1. The first kappa shape index (κ1) is 21.6. The standard InChI is InChI=1S/C17H27N3O4.HI/c1-5-18-17(20-7-6-13(21)11-20)19-10-12-8-14(22-2)16(24-4)15(9-12)23-3;/h8-9,13,21H,5-7,10-11H2,1-4H3,(H,18,19);1H/t13-;/m1./s1. The molecule has 1 saturated heterocycles. The number of rotatable bonds is 6. The lowest BCUT2D eigenvalue weighted by Gasteiger charge is -2.21. The summed E-state index contributed by atoms with van der Waals surface area (Å²) in [6.07, 6.45) is 0.490. The lowest BCUT2D eigenvalue weighted by atomic mass is 10.2. The fourth-order valence-electron chi connectivity index (χ4n) is 2.75. The zero-order valence-corrected chi connectivity index (χ0v) is 17.6. The largest absolute Gasteiger partial charge is 0.493 e. The van der Waals surface area contributed by atoms with Gasteiger partial charge in [0.25, 0.3) is 0 Å². The van der Waals surface area contributed by atoms with Gasteiger partial charge in [0.1, 0.15) is 0 Å². The number of hydrogen-bond donors (Lipinski definition) is 2. The molecular formula is C17H28IN3O4. The van der Waals surface area contributed by atoms with Gasteiger partial charge in [-0.15, -0.1) is 24.0 Å². The van der Waals surface area contributed by atoms with Crippen molar-refractivity contribution >= 4 is 29.9 Å². The normalized spacial score (nSPS) is 17.1. The Balaban J connectivity index is 0.00000312. The number of methoxy groups -OCH3 is 3. The van der Waals surface area contributed by atoms with Crippen LogP contribution < -0.4 is 19.5 Å². The van der Waals surface area contributed by atoms with Gasteiger partial charge in [-0.3, -0.25) is 0 Å². The quantitative estimate of drug-likeness (QED) is 0.380. The number of benzene rings is 1. The molecular weight excluding hydrogens is 437 g/mol. The Labute approximate surface area is 166 Å². The summed E-state index contributed by atoms with van der Waals surface area (Å²) in [7, 11) is 4.78. The first-order chi connectivity index (χ1) is 11.6. The number of aliphatic imine (C=N–C) groups is 1. The Bertz CT molecular complexity index is 558. The third kappa shape index (κ3) is 5.53. The number of guanidine groups is 1. The molecule has 0 bridgehead atoms. The summed E-state index contributed by atoms with van der Waals surface area (Å²) in [5.41, 5.74) is 0.958. The van der Waals surface area contributed by atoms with E-state index in [4.69, 9.17) is 14.2 Å². The van der Waals surface area contributed by atoms with Gasteiger partial charge in [0.05, 0.1) is 34.0 Å². The molecule has 1 aromatic carbocycles. The molecule has 1 aliphatic rings. The fourth-order valence-corrected chi connectivity index (χ4v) is 2.75. The predicted octanol–water partition coefficient (Wildman–Crippen LogP) is 1.86. The van der Waals surface area contributed by atoms with E-state index in [1.165, 1.54) is 0 Å². The highest BCUT2D eigenvalue weighted by molar-refractivity contribution is 14.0. The number of β-amino-alcohol motifs (C(OH)–C–C–N with tert-alkyl or cyclic N) is 1. The number of hydrogen-bond acceptors (Lipinski definition) is 5. The molecule has 0 radical (unpaired) electrons. The summed E-state index contributed by atoms with van der Waals surface area (Å²) in [4.78, 5) is 6.75. The van der Waals surface area contributed by atoms with E-state index in [2.05, 4.69) is 15.2 Å². The highest BCUT2D eigenvalue weighted by Crippen LogP contribution is 2.38. The van der Waals surface area contributed by atoms with Gasteiger partial charge in [-0.1, -0.05) is 0 Å². The monoisotopic (exact) mass is 465 g/mol. The van der Waals surface area contributed by atoms with Crippen molar-refractivity contribution in [1.29, 1.82) is 0 Å². The van der Waals surface area contributed by atoms with Crippen LogP contribution in [0.1, 0.15) is 18.9 Å². The van der Waals surface area contributed by atoms with Crippen molar-refractivity contribution in [3.8, 4) is 17.2 Å². The van der Waals surface area contributed by atoms with Gasteiger partial charge in [0.15, 0.2) is 17.5 Å². The van der Waals surface area contributed by atoms with Crippen molar-refractivity contribution in [3.05, 3.63) is 17.7 Å². The topological polar surface area (TPSA) is 75.6 Å². The second-order valence-electron chi connectivity index (χ2n) is 5.59. The Morgan fingerprint density at radius 3 is 2.32 bits per heavy atom. The fraction of sp³-hybridized carbons (Fsp3) is 0.588. The van der Waals surface area contributed by atoms with Crippen molar-refractivity contribution in [1.82, 2.24) is 10.2 Å². The molecule has 0 spiro atoms. The molecule has 8 heteroatoms. The second kappa shape index (κ2) is 10.5. The summed E-state index contributed by atoms with van der Waals surface area (Å²) in [6.45, 7) is 4.71. The van der Waals surface area contributed by atoms with Crippen molar-refractivity contribution < 1.29 is 19.3 Å². The van der Waals surface area contributed by atoms with E-state index in [0.29, 0.717) is 30.3 Å². The Hall–Kier alpha value is -1.42. The highest BCUT2D eigenvalue weighted by atomic mass is 127. The molecule has 2 rings (SSSR count). The van der Waals surface area contributed by atoms with Crippen LogP contribution >= 0.6 is 24.0 Å². The van der Waals surface area contributed by atoms with Crippen molar-refractivity contribution in [3.63, 3.8) is 0 Å². The summed E-state index contributed by atoms with van der Waals surface area (Å²) in [5.74, 6) is 2.61. The SMILES string of the molecule is CCNC(=NCc1cc(OC)c(OC)c(OC)c1)N1CC[C@@H](O)C1.I. The van der Waals surface area contributed by atoms with E-state index in [-0.39, 0.29) is 30.1 Å². The van der Waals surface area contributed by atoms with E-state index in [0.717, 1.165) is 31.0 Å². The van der Waals surface area contributed by atoms with Gasteiger partial charge >= 0.3 is 0 Å². The molecule has 0 saturated carbocycles. The number of ether oxygens (including phenoxy) is 3. The molecule has 142 valence electrons. The zero-order chi connectivity index (χ0) is 17.5. The maximum atomic E-state index is 9.72. The number of halogens is 1. The van der Waals surface area contributed by atoms with Crippen LogP contribution in [0.2, 0.25) is 0 Å². The second-order valence-corrected chi connectivity index (χ2v) is 5.59. The molecule has 25 heavy (non-hydrogen) atoms. The van der Waals surface area contributed by atoms with Crippen LogP contribution in [-0.4, -0.2) is 63.0 Å². The minimum Gasteiger partial charge on any atom is -0.493 e. The molecule has 1 atom stereocenters. The number of nitrogens with zero attached hydrogens (tertiary/aromatic N) is 2. The molecule has 1 aromatic rings. The molecule has 1 aliphatic heterocycles. The van der Waals surface area contributed by atoms with E-state index in [1.807, 2.05) is 19.1 Å². The van der Waals surface area contributed by atoms with Crippen LogP contribution in [0.4, 0.5) is 0 Å². The summed E-state index contributed by atoms with van der Waals surface area (Å²) in [6, 6.07) is 3.79. The van der Waals surface area contributed by atoms with Gasteiger partial charge in [0.2, 0.25) is 5.75 Å². The molecule has 0 aliphatic carbocycles. The number of likely N-dealkylation sites (tertiary alicyclic amines) is 1. The molecule has 0 aromatic heterocycles. The molecule has 0 amide bonds. The first-order valence-electron chi connectivity index (χ1n) is 8.13. The minimum absolute atomic E-state index is 0. The smallest absolute Gasteiger partial charge is 0.203 e. The van der Waals surface area contributed by atoms with Gasteiger partial charge < -0.3 is 29.5 Å². The average molecular weight is 465 g/mol. The maximum Gasteiger partial charge on any atom is 0.203 e. The molecule has 1 heterocycles. The van der Waals surface area contributed by atoms with E-state index < -0.39 is 0 Å². The molecule has 7 nitrogen and oxygen atoms in total. The van der Waals surface area contributed by atoms with Crippen LogP contribution in [0.15, 0.2) is 17.1 Å². The van der Waals surface area contributed by atoms with Crippen LogP contribution in [0.3, 0.4) is 0 Å². The van der Waals surface area contributed by atoms with E-state index in [1.54, 1.807) is 21.3 Å². The summed E-state index contributed by atoms with van der Waals surface area (Å²) >= 11 is 0. The highest BCUT2D eigenvalue weighted by Gasteiger charge is 2.22. The van der Waals surface area contributed by atoms with Gasteiger partial charge in [0, 0.05) is 19.6 Å². The van der Waals surface area contributed by atoms with Crippen LogP contribution in [0.5, 0.6) is 17.2 Å². The van der Waals surface area contributed by atoms with Gasteiger partial charge in [-0.2, -0.15) is 0 Å². The van der Waals surface area contributed by atoms with Gasteiger partial charge in [-0.05, 0) is 31.0 Å². The van der Waals surface area contributed by atoms with Crippen molar-refractivity contribution in [2.75, 3.05) is 41.0 Å². The Kier molecular flexibility index (Phi) is 9.12. The predicted molar refractivity (Wildman–Crippen MR) is 109 cm³/mol. The maximum absolute atomic E-state index is 9.72. The number of aliphatic hydroxyl groups excluding tert-OH is 1.